The van der Waals surface area contributed by atoms with Gasteiger partial charge in [-0.2, -0.15) is 0 Å². The number of ketones is 1. The van der Waals surface area contributed by atoms with Crippen molar-refractivity contribution >= 4 is 38.8 Å². The van der Waals surface area contributed by atoms with Gasteiger partial charge in [-0.25, -0.2) is 8.42 Å². The molecule has 0 saturated heterocycles. The lowest BCUT2D eigenvalue weighted by Crippen LogP contribution is -2.08. The molecule has 0 heterocycles. The Morgan fingerprint density at radius 3 is 2.24 bits per heavy atom. The minimum Gasteiger partial charge on any atom is -0.496 e. The van der Waals surface area contributed by atoms with Gasteiger partial charge in [0, 0.05) is 24.7 Å². The number of methoxy groups -OCH3 is 1. The van der Waals surface area contributed by atoms with Gasteiger partial charge < -0.3 is 9.47 Å². The van der Waals surface area contributed by atoms with Crippen LogP contribution < -0.4 is 9.47 Å². The average Bonchev–Trinajstić information content (AvgIpc) is 2.78. The lowest BCUT2D eigenvalue weighted by Gasteiger charge is -2.16. The summed E-state index contributed by atoms with van der Waals surface area (Å²) in [7, 11) is -1.66. The number of halogens is 2. The molecule has 0 radical (unpaired) electrons. The van der Waals surface area contributed by atoms with Crippen LogP contribution in [0.4, 0.5) is 0 Å². The number of hydrogen-bond acceptors (Lipinski definition) is 5. The second-order valence-electron chi connectivity index (χ2n) is 8.32. The highest BCUT2D eigenvalue weighted by atomic mass is 35.5. The number of hydrogen-bond donors (Lipinski definition) is 0. The molecule has 3 aromatic rings. The van der Waals surface area contributed by atoms with Crippen molar-refractivity contribution in [1.29, 1.82) is 0 Å². The van der Waals surface area contributed by atoms with E-state index in [4.69, 9.17) is 32.7 Å². The summed E-state index contributed by atoms with van der Waals surface area (Å²) in [5, 5.41) is 0.606. The molecule has 8 heteroatoms. The maximum Gasteiger partial charge on any atom is 0.175 e. The van der Waals surface area contributed by atoms with E-state index in [1.54, 1.807) is 37.4 Å². The third-order valence-electron chi connectivity index (χ3n) is 5.31. The van der Waals surface area contributed by atoms with Gasteiger partial charge in [-0.15, -0.1) is 0 Å². The van der Waals surface area contributed by atoms with Gasteiger partial charge in [0.1, 0.15) is 17.3 Å². The van der Waals surface area contributed by atoms with E-state index in [9.17, 15) is 13.2 Å². The van der Waals surface area contributed by atoms with E-state index in [1.165, 1.54) is 12.1 Å². The Labute approximate surface area is 210 Å². The largest absolute Gasteiger partial charge is 0.496 e. The molecule has 0 fully saturated rings. The Balaban J connectivity index is 1.79. The smallest absolute Gasteiger partial charge is 0.175 e. The standard InChI is InChI=1S/C26H26Cl2O5S/c1-16(2)22-15-20(8-12-24(22)32-3)33-26-23(27)11-7-18(25(26)28)14-19(29)13-17-5-9-21(10-6-17)34(4,30)31/h5-12,15-16H,13-14H2,1-4H3. The molecule has 0 aliphatic rings. The Bertz CT molecular complexity index is 1300. The Kier molecular flexibility index (Phi) is 8.29. The Morgan fingerprint density at radius 2 is 1.65 bits per heavy atom. The first-order valence-corrected chi connectivity index (χ1v) is 13.3. The summed E-state index contributed by atoms with van der Waals surface area (Å²) < 4.78 is 34.7. The van der Waals surface area contributed by atoms with Crippen LogP contribution in [0.3, 0.4) is 0 Å². The molecular weight excluding hydrogens is 495 g/mol. The second kappa shape index (κ2) is 10.8. The first-order chi connectivity index (χ1) is 16.0. The predicted octanol–water partition coefficient (Wildman–Crippen LogP) is 6.68. The van der Waals surface area contributed by atoms with Crippen molar-refractivity contribution in [2.75, 3.05) is 13.4 Å². The van der Waals surface area contributed by atoms with E-state index in [0.29, 0.717) is 16.3 Å². The van der Waals surface area contributed by atoms with Crippen LogP contribution in [0.15, 0.2) is 59.5 Å². The molecular formula is C26H26Cl2O5S. The SMILES string of the molecule is COc1ccc(Oc2c(Cl)ccc(CC(=O)Cc3ccc(S(C)(=O)=O)cc3)c2Cl)cc1C(C)C. The Hall–Kier alpha value is -2.54. The van der Waals surface area contributed by atoms with Gasteiger partial charge in [0.2, 0.25) is 0 Å². The summed E-state index contributed by atoms with van der Waals surface area (Å²) in [5.74, 6) is 1.76. The van der Waals surface area contributed by atoms with Gasteiger partial charge >= 0.3 is 0 Å². The summed E-state index contributed by atoms with van der Waals surface area (Å²) in [4.78, 5) is 12.9. The zero-order valence-corrected chi connectivity index (χ0v) is 21.7. The molecule has 0 bridgehead atoms. The van der Waals surface area contributed by atoms with Gasteiger partial charge in [0.05, 0.1) is 22.1 Å². The summed E-state index contributed by atoms with van der Waals surface area (Å²) in [5.41, 5.74) is 2.30. The van der Waals surface area contributed by atoms with Gasteiger partial charge in [-0.1, -0.05) is 55.2 Å². The summed E-state index contributed by atoms with van der Waals surface area (Å²) in [6, 6.07) is 15.1. The highest BCUT2D eigenvalue weighted by Crippen LogP contribution is 2.40. The minimum absolute atomic E-state index is 0.0752. The quantitative estimate of drug-likeness (QED) is 0.314. The number of ether oxygens (including phenoxy) is 2. The van der Waals surface area contributed by atoms with Gasteiger partial charge in [0.25, 0.3) is 0 Å². The molecule has 0 atom stereocenters. The van der Waals surface area contributed by atoms with E-state index in [2.05, 4.69) is 13.8 Å². The number of rotatable bonds is 9. The fraction of sp³-hybridized carbons (Fsp3) is 0.269. The number of carbonyl (C=O) groups is 1. The van der Waals surface area contributed by atoms with Crippen molar-refractivity contribution in [3.63, 3.8) is 0 Å². The lowest BCUT2D eigenvalue weighted by atomic mass is 10.0. The lowest BCUT2D eigenvalue weighted by molar-refractivity contribution is -0.117. The molecule has 3 aromatic carbocycles. The first kappa shape index (κ1) is 26.1. The van der Waals surface area contributed by atoms with Crippen molar-refractivity contribution in [3.8, 4) is 17.2 Å². The molecule has 180 valence electrons. The number of Topliss-reactive ketones (excluding diaryl/α,β-unsaturated/α-hetero) is 1. The van der Waals surface area contributed by atoms with E-state index in [1.807, 2.05) is 12.1 Å². The Morgan fingerprint density at radius 1 is 0.971 bits per heavy atom. The predicted molar refractivity (Wildman–Crippen MR) is 136 cm³/mol. The number of benzene rings is 3. The van der Waals surface area contributed by atoms with Crippen molar-refractivity contribution in [2.24, 2.45) is 0 Å². The van der Waals surface area contributed by atoms with Gasteiger partial charge in [0.15, 0.2) is 15.6 Å². The maximum absolute atomic E-state index is 12.7. The maximum atomic E-state index is 12.7. The highest BCUT2D eigenvalue weighted by Gasteiger charge is 2.17. The van der Waals surface area contributed by atoms with E-state index >= 15 is 0 Å². The van der Waals surface area contributed by atoms with Crippen LogP contribution in [0, 0.1) is 0 Å². The zero-order valence-electron chi connectivity index (χ0n) is 19.4. The number of carbonyl (C=O) groups excluding carboxylic acids is 1. The summed E-state index contributed by atoms with van der Waals surface area (Å²) in [6.07, 6.45) is 1.38. The zero-order chi connectivity index (χ0) is 25.0. The normalized spacial score (nSPS) is 11.5. The second-order valence-corrected chi connectivity index (χ2v) is 11.1. The van der Waals surface area contributed by atoms with Crippen LogP contribution in [0.25, 0.3) is 0 Å². The molecule has 0 saturated carbocycles. The van der Waals surface area contributed by atoms with Crippen molar-refractivity contribution in [2.45, 2.75) is 37.5 Å². The third kappa shape index (κ3) is 6.32. The molecule has 0 amide bonds. The molecule has 0 spiro atoms. The number of sulfone groups is 1. The topological polar surface area (TPSA) is 69.7 Å². The fourth-order valence-electron chi connectivity index (χ4n) is 3.51. The molecule has 0 aromatic heterocycles. The summed E-state index contributed by atoms with van der Waals surface area (Å²) in [6.45, 7) is 4.12. The van der Waals surface area contributed by atoms with Crippen LogP contribution in [-0.4, -0.2) is 27.6 Å². The van der Waals surface area contributed by atoms with E-state index in [-0.39, 0.29) is 40.2 Å². The van der Waals surface area contributed by atoms with E-state index < -0.39 is 9.84 Å². The molecule has 3 rings (SSSR count). The molecule has 0 unspecified atom stereocenters. The van der Waals surface area contributed by atoms with Gasteiger partial charge in [-0.05, 0) is 53.4 Å². The molecule has 0 aliphatic heterocycles. The van der Waals surface area contributed by atoms with Crippen molar-refractivity contribution in [3.05, 3.63) is 81.3 Å². The van der Waals surface area contributed by atoms with Gasteiger partial charge in [-0.3, -0.25) is 4.79 Å². The van der Waals surface area contributed by atoms with Crippen LogP contribution in [-0.2, 0) is 27.5 Å². The van der Waals surface area contributed by atoms with Crippen LogP contribution in [0.5, 0.6) is 17.2 Å². The molecule has 0 N–H and O–H groups in total. The van der Waals surface area contributed by atoms with Crippen LogP contribution >= 0.6 is 23.2 Å². The molecule has 34 heavy (non-hydrogen) atoms. The highest BCUT2D eigenvalue weighted by molar-refractivity contribution is 7.90. The molecule has 0 aliphatic carbocycles. The fourth-order valence-corrected chi connectivity index (χ4v) is 4.65. The van der Waals surface area contributed by atoms with Crippen molar-refractivity contribution < 1.29 is 22.7 Å². The van der Waals surface area contributed by atoms with Crippen molar-refractivity contribution in [1.82, 2.24) is 0 Å². The summed E-state index contributed by atoms with van der Waals surface area (Å²) >= 11 is 13.0. The van der Waals surface area contributed by atoms with E-state index in [0.717, 1.165) is 23.1 Å². The van der Waals surface area contributed by atoms with Crippen LogP contribution in [0.2, 0.25) is 10.0 Å². The molecule has 5 nitrogen and oxygen atoms in total. The third-order valence-corrected chi connectivity index (χ3v) is 7.15. The average molecular weight is 521 g/mol. The first-order valence-electron chi connectivity index (χ1n) is 10.6. The monoisotopic (exact) mass is 520 g/mol. The van der Waals surface area contributed by atoms with Crippen LogP contribution in [0.1, 0.15) is 36.5 Å². The minimum atomic E-state index is -3.28.